The maximum atomic E-state index is 5.84. The molecule has 0 radical (unpaired) electrons. The highest BCUT2D eigenvalue weighted by Crippen LogP contribution is 2.31. The molecule has 2 rings (SSSR count). The Kier molecular flexibility index (Phi) is 2.03. The number of aryl methyl sites for hydroxylation is 2. The molecule has 0 unspecified atom stereocenters. The monoisotopic (exact) mass is 208 g/mol. The van der Waals surface area contributed by atoms with E-state index >= 15 is 0 Å². The van der Waals surface area contributed by atoms with E-state index in [4.69, 9.17) is 5.73 Å². The van der Waals surface area contributed by atoms with Gasteiger partial charge in [-0.3, -0.25) is 4.68 Å². The molecule has 14 heavy (non-hydrogen) atoms. The molecule has 0 amide bonds. The van der Waals surface area contributed by atoms with E-state index in [1.807, 2.05) is 25.6 Å². The highest BCUT2D eigenvalue weighted by molar-refractivity contribution is 7.14. The van der Waals surface area contributed by atoms with Crippen molar-refractivity contribution in [2.45, 2.75) is 13.8 Å². The van der Waals surface area contributed by atoms with Crippen LogP contribution >= 0.6 is 11.3 Å². The van der Waals surface area contributed by atoms with Crippen LogP contribution in [0.4, 0.5) is 5.00 Å². The van der Waals surface area contributed by atoms with Crippen LogP contribution in [0.3, 0.4) is 0 Å². The Morgan fingerprint density at radius 3 is 2.57 bits per heavy atom. The molecule has 0 saturated carbocycles. The summed E-state index contributed by atoms with van der Waals surface area (Å²) in [6.45, 7) is 4.00. The SMILES string of the molecule is Cc1nn(C)c(C)c1-c1ncsc1N. The van der Waals surface area contributed by atoms with Crippen molar-refractivity contribution in [2.24, 2.45) is 7.05 Å². The van der Waals surface area contributed by atoms with Crippen LogP contribution in [0.2, 0.25) is 0 Å². The minimum Gasteiger partial charge on any atom is -0.389 e. The average molecular weight is 208 g/mol. The summed E-state index contributed by atoms with van der Waals surface area (Å²) >= 11 is 1.46. The van der Waals surface area contributed by atoms with Gasteiger partial charge in [0.15, 0.2) is 0 Å². The van der Waals surface area contributed by atoms with Gasteiger partial charge in [0.1, 0.15) is 10.7 Å². The van der Waals surface area contributed by atoms with E-state index in [-0.39, 0.29) is 0 Å². The van der Waals surface area contributed by atoms with Gasteiger partial charge in [-0.15, -0.1) is 11.3 Å². The molecule has 0 spiro atoms. The van der Waals surface area contributed by atoms with Crippen LogP contribution in [0.25, 0.3) is 11.3 Å². The number of nitrogen functional groups attached to an aromatic ring is 1. The van der Waals surface area contributed by atoms with Crippen LogP contribution in [-0.2, 0) is 7.05 Å². The number of thiazole rings is 1. The lowest BCUT2D eigenvalue weighted by molar-refractivity contribution is 0.731. The first-order valence-electron chi connectivity index (χ1n) is 4.30. The zero-order valence-electron chi connectivity index (χ0n) is 8.40. The van der Waals surface area contributed by atoms with E-state index in [0.29, 0.717) is 0 Å². The first-order valence-corrected chi connectivity index (χ1v) is 5.18. The minimum atomic E-state index is 0.754. The molecule has 74 valence electrons. The van der Waals surface area contributed by atoms with Crippen molar-refractivity contribution in [1.29, 1.82) is 0 Å². The van der Waals surface area contributed by atoms with Crippen molar-refractivity contribution < 1.29 is 0 Å². The Morgan fingerprint density at radius 1 is 1.43 bits per heavy atom. The first-order chi connectivity index (χ1) is 6.61. The second-order valence-electron chi connectivity index (χ2n) is 3.23. The summed E-state index contributed by atoms with van der Waals surface area (Å²) in [6, 6.07) is 0. The van der Waals surface area contributed by atoms with Crippen LogP contribution in [0, 0.1) is 13.8 Å². The van der Waals surface area contributed by atoms with Crippen LogP contribution in [0.1, 0.15) is 11.4 Å². The molecule has 2 N–H and O–H groups in total. The van der Waals surface area contributed by atoms with E-state index in [1.54, 1.807) is 5.51 Å². The van der Waals surface area contributed by atoms with Gasteiger partial charge < -0.3 is 5.73 Å². The predicted molar refractivity (Wildman–Crippen MR) is 58.2 cm³/mol. The summed E-state index contributed by atoms with van der Waals surface area (Å²) in [7, 11) is 1.92. The van der Waals surface area contributed by atoms with E-state index in [9.17, 15) is 0 Å². The largest absolute Gasteiger partial charge is 0.389 e. The molecule has 0 saturated heterocycles. The lowest BCUT2D eigenvalue weighted by Gasteiger charge is -1.98. The van der Waals surface area contributed by atoms with Gasteiger partial charge in [0.25, 0.3) is 0 Å². The first kappa shape index (κ1) is 9.21. The second-order valence-corrected chi connectivity index (χ2v) is 4.12. The van der Waals surface area contributed by atoms with Crippen molar-refractivity contribution in [3.05, 3.63) is 16.9 Å². The van der Waals surface area contributed by atoms with Crippen molar-refractivity contribution in [3.63, 3.8) is 0 Å². The van der Waals surface area contributed by atoms with Gasteiger partial charge in [0.2, 0.25) is 0 Å². The number of anilines is 1. The molecule has 2 heterocycles. The lowest BCUT2D eigenvalue weighted by atomic mass is 10.1. The van der Waals surface area contributed by atoms with E-state index in [2.05, 4.69) is 10.1 Å². The Labute approximate surface area is 86.4 Å². The smallest absolute Gasteiger partial charge is 0.114 e. The summed E-state index contributed by atoms with van der Waals surface area (Å²) in [5.74, 6) is 0. The number of nitrogens with two attached hydrogens (primary N) is 1. The maximum absolute atomic E-state index is 5.84. The number of hydrogen-bond donors (Lipinski definition) is 1. The minimum absolute atomic E-state index is 0.754. The highest BCUT2D eigenvalue weighted by Gasteiger charge is 2.15. The van der Waals surface area contributed by atoms with Crippen molar-refractivity contribution in [2.75, 3.05) is 5.73 Å². The van der Waals surface area contributed by atoms with Crippen molar-refractivity contribution in [1.82, 2.24) is 14.8 Å². The quantitative estimate of drug-likeness (QED) is 0.776. The molecule has 2 aromatic heterocycles. The van der Waals surface area contributed by atoms with Gasteiger partial charge in [0.05, 0.1) is 11.2 Å². The third kappa shape index (κ3) is 1.21. The van der Waals surface area contributed by atoms with Crippen LogP contribution < -0.4 is 5.73 Å². The molecule has 0 bridgehead atoms. The summed E-state index contributed by atoms with van der Waals surface area (Å²) in [4.78, 5) is 4.26. The molecule has 0 aliphatic heterocycles. The van der Waals surface area contributed by atoms with Crippen molar-refractivity contribution >= 4 is 16.3 Å². The zero-order valence-corrected chi connectivity index (χ0v) is 9.22. The second kappa shape index (κ2) is 3.09. The Balaban J connectivity index is 2.68. The molecule has 0 atom stereocenters. The van der Waals surface area contributed by atoms with Gasteiger partial charge in [-0.2, -0.15) is 5.10 Å². The standard InChI is InChI=1S/C9H12N4S/c1-5-7(6(2)13(3)12-5)8-9(10)14-4-11-8/h4H,10H2,1-3H3. The predicted octanol–water partition coefficient (Wildman–Crippen LogP) is 1.74. The lowest BCUT2D eigenvalue weighted by Crippen LogP contribution is -1.93. The van der Waals surface area contributed by atoms with Crippen LogP contribution in [0.5, 0.6) is 0 Å². The Bertz CT molecular complexity index is 469. The Hall–Kier alpha value is -1.36. The summed E-state index contributed by atoms with van der Waals surface area (Å²) in [5, 5.41) is 5.09. The fourth-order valence-electron chi connectivity index (χ4n) is 1.56. The summed E-state index contributed by atoms with van der Waals surface area (Å²) in [6.07, 6.45) is 0. The molecular formula is C9H12N4S. The number of hydrogen-bond acceptors (Lipinski definition) is 4. The fraction of sp³-hybridized carbons (Fsp3) is 0.333. The number of nitrogens with zero attached hydrogens (tertiary/aromatic N) is 3. The van der Waals surface area contributed by atoms with Gasteiger partial charge in [-0.1, -0.05) is 0 Å². The third-order valence-corrected chi connectivity index (χ3v) is 3.00. The third-order valence-electron chi connectivity index (χ3n) is 2.34. The Morgan fingerprint density at radius 2 is 2.14 bits per heavy atom. The fourth-order valence-corrected chi connectivity index (χ4v) is 2.10. The van der Waals surface area contributed by atoms with Crippen LogP contribution in [-0.4, -0.2) is 14.8 Å². The van der Waals surface area contributed by atoms with Gasteiger partial charge in [-0.05, 0) is 13.8 Å². The molecule has 4 nitrogen and oxygen atoms in total. The summed E-state index contributed by atoms with van der Waals surface area (Å²) < 4.78 is 1.85. The number of rotatable bonds is 1. The highest BCUT2D eigenvalue weighted by atomic mass is 32.1. The molecule has 0 aliphatic carbocycles. The summed E-state index contributed by atoms with van der Waals surface area (Å²) in [5.41, 5.74) is 11.6. The van der Waals surface area contributed by atoms with E-state index in [0.717, 1.165) is 27.6 Å². The van der Waals surface area contributed by atoms with Crippen LogP contribution in [0.15, 0.2) is 5.51 Å². The maximum Gasteiger partial charge on any atom is 0.114 e. The molecular weight excluding hydrogens is 196 g/mol. The average Bonchev–Trinajstić information content (AvgIpc) is 2.60. The molecule has 0 fully saturated rings. The molecule has 0 aromatic carbocycles. The molecule has 5 heteroatoms. The molecule has 0 aliphatic rings. The number of aromatic nitrogens is 3. The van der Waals surface area contributed by atoms with Gasteiger partial charge in [0, 0.05) is 18.3 Å². The van der Waals surface area contributed by atoms with Crippen molar-refractivity contribution in [3.8, 4) is 11.3 Å². The van der Waals surface area contributed by atoms with E-state index < -0.39 is 0 Å². The van der Waals surface area contributed by atoms with Gasteiger partial charge >= 0.3 is 0 Å². The normalized spacial score (nSPS) is 10.8. The zero-order chi connectivity index (χ0) is 10.3. The molecule has 2 aromatic rings. The topological polar surface area (TPSA) is 56.7 Å². The van der Waals surface area contributed by atoms with Gasteiger partial charge in [-0.25, -0.2) is 4.98 Å². The van der Waals surface area contributed by atoms with E-state index in [1.165, 1.54) is 11.3 Å².